The molecule has 1 aromatic rings. The van der Waals surface area contributed by atoms with Crippen LogP contribution in [0, 0.1) is 11.3 Å². The maximum Gasteiger partial charge on any atom is 2.00 e. The van der Waals surface area contributed by atoms with Crippen molar-refractivity contribution in [2.45, 2.75) is 27.2 Å². The summed E-state index contributed by atoms with van der Waals surface area (Å²) in [4.78, 5) is 0. The first-order chi connectivity index (χ1) is 9.53. The van der Waals surface area contributed by atoms with Crippen LogP contribution in [0.2, 0.25) is 0 Å². The van der Waals surface area contributed by atoms with Gasteiger partial charge in [0.05, 0.1) is 0 Å². The zero-order valence-corrected chi connectivity index (χ0v) is 13.9. The van der Waals surface area contributed by atoms with Crippen molar-refractivity contribution >= 4 is 0 Å². The summed E-state index contributed by atoms with van der Waals surface area (Å²) in [6, 6.07) is 10.0. The molecule has 2 aliphatic rings. The van der Waals surface area contributed by atoms with Crippen molar-refractivity contribution in [2.75, 3.05) is 0 Å². The van der Waals surface area contributed by atoms with Gasteiger partial charge in [-0.15, -0.1) is 5.76 Å². The molecule has 1 aromatic carbocycles. The van der Waals surface area contributed by atoms with E-state index in [2.05, 4.69) is 26.8 Å². The minimum absolute atomic E-state index is 0. The fraction of sp³-hybridized carbons (Fsp3) is 0.316. The molecule has 2 aliphatic carbocycles. The third kappa shape index (κ3) is 4.06. The van der Waals surface area contributed by atoms with E-state index in [-0.39, 0.29) is 34.2 Å². The summed E-state index contributed by atoms with van der Waals surface area (Å²) in [6.07, 6.45) is 10.8. The second-order valence-corrected chi connectivity index (χ2v) is 5.90. The van der Waals surface area contributed by atoms with Gasteiger partial charge in [0.2, 0.25) is 0 Å². The second kappa shape index (κ2) is 7.58. The Bertz CT molecular complexity index is 525. The molecule has 0 bridgehead atoms. The van der Waals surface area contributed by atoms with Crippen LogP contribution in [0.15, 0.2) is 77.6 Å². The Kier molecular flexibility index (Phi) is 6.39. The molecule has 0 N–H and O–H groups in total. The van der Waals surface area contributed by atoms with Crippen LogP contribution >= 0.6 is 0 Å². The van der Waals surface area contributed by atoms with Gasteiger partial charge in [0.1, 0.15) is 0 Å². The van der Waals surface area contributed by atoms with Crippen LogP contribution in [0.3, 0.4) is 0 Å². The Hall–Kier alpha value is -1.37. The Morgan fingerprint density at radius 3 is 2.14 bits per heavy atom. The van der Waals surface area contributed by atoms with Gasteiger partial charge in [0.25, 0.3) is 0 Å². The minimum atomic E-state index is 0. The van der Waals surface area contributed by atoms with Crippen molar-refractivity contribution in [3.63, 3.8) is 0 Å². The average molecular weight is 322 g/mol. The van der Waals surface area contributed by atoms with Crippen LogP contribution in [0.25, 0.3) is 0 Å². The monoisotopic (exact) mass is 322 g/mol. The summed E-state index contributed by atoms with van der Waals surface area (Å²) in [6.45, 7) is 6.45. The first-order valence-corrected chi connectivity index (χ1v) is 7.13. The molecule has 0 saturated carbocycles. The van der Waals surface area contributed by atoms with Crippen molar-refractivity contribution in [1.82, 2.24) is 0 Å². The van der Waals surface area contributed by atoms with Crippen molar-refractivity contribution in [1.29, 1.82) is 0 Å². The van der Waals surface area contributed by atoms with Crippen LogP contribution < -0.4 is 5.11 Å². The van der Waals surface area contributed by atoms with E-state index in [1.165, 1.54) is 5.57 Å². The molecule has 0 aliphatic heterocycles. The topological polar surface area (TPSA) is 23.1 Å². The van der Waals surface area contributed by atoms with Crippen LogP contribution in [-0.4, -0.2) is 0 Å². The molecule has 0 spiro atoms. The van der Waals surface area contributed by atoms with Crippen LogP contribution in [-0.2, 0) is 17.1 Å². The van der Waals surface area contributed by atoms with Gasteiger partial charge in [-0.2, -0.15) is 18.2 Å². The van der Waals surface area contributed by atoms with E-state index in [1.54, 1.807) is 0 Å². The average Bonchev–Trinajstić information content (AvgIpc) is 3.15. The van der Waals surface area contributed by atoms with Crippen molar-refractivity contribution in [2.24, 2.45) is 11.3 Å². The molecule has 0 aromatic heterocycles. The summed E-state index contributed by atoms with van der Waals surface area (Å²) in [5.41, 5.74) is 2.22. The molecule has 0 saturated heterocycles. The Balaban J connectivity index is 0.000000313. The SMILES string of the molecule is CC1=CCC(C([O-])=C2C=CC=C2)C1(C)C.[Fe+2].c1cc[cH-]c1. The molecule has 0 heterocycles. The van der Waals surface area contributed by atoms with Gasteiger partial charge in [-0.1, -0.05) is 49.8 Å². The van der Waals surface area contributed by atoms with E-state index in [1.807, 2.05) is 54.6 Å². The van der Waals surface area contributed by atoms with E-state index in [0.717, 1.165) is 12.0 Å². The molecule has 21 heavy (non-hydrogen) atoms. The first kappa shape index (κ1) is 17.7. The van der Waals surface area contributed by atoms with Gasteiger partial charge in [0, 0.05) is 0 Å². The van der Waals surface area contributed by atoms with Crippen molar-refractivity contribution in [3.8, 4) is 0 Å². The molecular formula is C19H22FeO. The maximum atomic E-state index is 12.2. The van der Waals surface area contributed by atoms with Crippen LogP contribution in [0.1, 0.15) is 27.2 Å². The van der Waals surface area contributed by atoms with E-state index in [0.29, 0.717) is 0 Å². The molecule has 1 unspecified atom stereocenters. The third-order valence-corrected chi connectivity index (χ3v) is 4.37. The van der Waals surface area contributed by atoms with E-state index in [9.17, 15) is 5.11 Å². The molecular weight excluding hydrogens is 300 g/mol. The van der Waals surface area contributed by atoms with Crippen molar-refractivity contribution in [3.05, 3.63) is 77.6 Å². The fourth-order valence-electron chi connectivity index (χ4n) is 2.62. The Morgan fingerprint density at radius 2 is 1.76 bits per heavy atom. The molecule has 0 amide bonds. The van der Waals surface area contributed by atoms with Gasteiger partial charge in [-0.25, -0.2) is 12.1 Å². The number of hydrogen-bond donors (Lipinski definition) is 0. The number of hydrogen-bond acceptors (Lipinski definition) is 1. The van der Waals surface area contributed by atoms with Gasteiger partial charge < -0.3 is 5.11 Å². The second-order valence-electron chi connectivity index (χ2n) is 5.90. The van der Waals surface area contributed by atoms with Gasteiger partial charge in [0.15, 0.2) is 0 Å². The predicted molar refractivity (Wildman–Crippen MR) is 83.0 cm³/mol. The standard InChI is InChI=1S/C14H18O.C5H5.Fe/c1-10-8-9-12(14(10,2)3)13(15)11-6-4-5-7-11;1-2-4-5-3-1;/h4-8,12,15H,9H2,1-3H3;1-5H;/q;-1;+2/p-1. The van der Waals surface area contributed by atoms with E-state index in [4.69, 9.17) is 0 Å². The third-order valence-electron chi connectivity index (χ3n) is 4.37. The Labute approximate surface area is 138 Å². The normalized spacial score (nSPS) is 21.4. The zero-order valence-electron chi connectivity index (χ0n) is 12.8. The predicted octanol–water partition coefficient (Wildman–Crippen LogP) is 4.12. The quantitative estimate of drug-likeness (QED) is 0.330. The summed E-state index contributed by atoms with van der Waals surface area (Å²) in [5, 5.41) is 12.2. The summed E-state index contributed by atoms with van der Waals surface area (Å²) < 4.78 is 0. The summed E-state index contributed by atoms with van der Waals surface area (Å²) in [5.74, 6) is 0.415. The molecule has 112 valence electrons. The fourth-order valence-corrected chi connectivity index (χ4v) is 2.62. The molecule has 0 fully saturated rings. The largest absolute Gasteiger partial charge is 2.00 e. The van der Waals surface area contributed by atoms with Gasteiger partial charge >= 0.3 is 17.1 Å². The summed E-state index contributed by atoms with van der Waals surface area (Å²) in [7, 11) is 0. The van der Waals surface area contributed by atoms with Crippen molar-refractivity contribution < 1.29 is 22.2 Å². The van der Waals surface area contributed by atoms with Gasteiger partial charge in [-0.05, 0) is 30.3 Å². The van der Waals surface area contributed by atoms with Crippen LogP contribution in [0.5, 0.6) is 0 Å². The zero-order chi connectivity index (χ0) is 14.6. The summed E-state index contributed by atoms with van der Waals surface area (Å²) >= 11 is 0. The van der Waals surface area contributed by atoms with E-state index < -0.39 is 0 Å². The first-order valence-electron chi connectivity index (χ1n) is 7.13. The van der Waals surface area contributed by atoms with Crippen LogP contribution in [0.4, 0.5) is 0 Å². The molecule has 0 radical (unpaired) electrons. The number of allylic oxidation sites excluding steroid dienone is 8. The molecule has 1 nitrogen and oxygen atoms in total. The molecule has 2 heteroatoms. The Morgan fingerprint density at radius 1 is 1.19 bits per heavy atom. The van der Waals surface area contributed by atoms with E-state index >= 15 is 0 Å². The number of rotatable bonds is 1. The smallest absolute Gasteiger partial charge is 0.875 e. The molecule has 1 atom stereocenters. The minimum Gasteiger partial charge on any atom is -0.875 e. The molecule has 3 rings (SSSR count). The van der Waals surface area contributed by atoms with Gasteiger partial charge in [-0.3, -0.25) is 0 Å². The maximum absolute atomic E-state index is 12.2.